The lowest BCUT2D eigenvalue weighted by Crippen LogP contribution is -2.31. The zero-order valence-electron chi connectivity index (χ0n) is 10.4. The topological polar surface area (TPSA) is 31.4 Å². The molecule has 1 aliphatic rings. The van der Waals surface area contributed by atoms with Crippen molar-refractivity contribution in [3.05, 3.63) is 23.4 Å². The van der Waals surface area contributed by atoms with Crippen molar-refractivity contribution < 1.29 is 9.47 Å². The summed E-state index contributed by atoms with van der Waals surface area (Å²) in [6, 6.07) is 4.10. The van der Waals surface area contributed by atoms with Crippen LogP contribution in [0.1, 0.15) is 44.9 Å². The smallest absolute Gasteiger partial charge is 0.221 e. The van der Waals surface area contributed by atoms with Gasteiger partial charge < -0.3 is 9.47 Å². The Kier molecular flexibility index (Phi) is 3.15. The Morgan fingerprint density at radius 2 is 2.00 bits per heavy atom. The summed E-state index contributed by atoms with van der Waals surface area (Å²) in [5, 5.41) is 0. The minimum Gasteiger partial charge on any atom is -0.447 e. The van der Waals surface area contributed by atoms with E-state index in [4.69, 9.17) is 9.47 Å². The molecular formula is C13H19NO2. The summed E-state index contributed by atoms with van der Waals surface area (Å²) in [6.07, 6.45) is -0.164. The molecule has 0 saturated heterocycles. The van der Waals surface area contributed by atoms with E-state index in [1.807, 2.05) is 12.1 Å². The van der Waals surface area contributed by atoms with Gasteiger partial charge in [-0.1, -0.05) is 27.7 Å². The second-order valence-electron chi connectivity index (χ2n) is 4.90. The van der Waals surface area contributed by atoms with Gasteiger partial charge in [-0.05, 0) is 18.1 Å². The third-order valence-corrected chi connectivity index (χ3v) is 2.73. The van der Waals surface area contributed by atoms with Gasteiger partial charge in [-0.25, -0.2) is 4.98 Å². The van der Waals surface area contributed by atoms with Crippen molar-refractivity contribution in [2.45, 2.75) is 46.5 Å². The average Bonchev–Trinajstić information content (AvgIpc) is 2.27. The van der Waals surface area contributed by atoms with E-state index in [0.717, 1.165) is 17.1 Å². The first-order chi connectivity index (χ1) is 7.58. The van der Waals surface area contributed by atoms with E-state index in [1.54, 1.807) is 0 Å². The molecule has 1 atom stereocenters. The highest BCUT2D eigenvalue weighted by Crippen LogP contribution is 2.28. The fourth-order valence-electron chi connectivity index (χ4n) is 1.66. The standard InChI is InChI=1S/C13H19NO2/c1-8(2)11-6-5-10-7-15-13(9(3)4)16-12(10)14-11/h5-6,8-9,13H,7H2,1-4H3. The zero-order valence-corrected chi connectivity index (χ0v) is 10.4. The monoisotopic (exact) mass is 221 g/mol. The van der Waals surface area contributed by atoms with Crippen molar-refractivity contribution in [2.24, 2.45) is 5.92 Å². The number of hydrogen-bond acceptors (Lipinski definition) is 3. The van der Waals surface area contributed by atoms with Gasteiger partial charge in [-0.3, -0.25) is 0 Å². The van der Waals surface area contributed by atoms with E-state index in [2.05, 4.69) is 32.7 Å². The maximum Gasteiger partial charge on any atom is 0.221 e. The lowest BCUT2D eigenvalue weighted by atomic mass is 10.1. The van der Waals surface area contributed by atoms with Crippen LogP contribution in [0.2, 0.25) is 0 Å². The van der Waals surface area contributed by atoms with Crippen molar-refractivity contribution in [3.63, 3.8) is 0 Å². The van der Waals surface area contributed by atoms with Crippen LogP contribution < -0.4 is 4.74 Å². The summed E-state index contributed by atoms with van der Waals surface area (Å²) in [6.45, 7) is 9.04. The summed E-state index contributed by atoms with van der Waals surface area (Å²) in [5.74, 6) is 1.52. The van der Waals surface area contributed by atoms with Crippen molar-refractivity contribution in [1.29, 1.82) is 0 Å². The Labute approximate surface area is 96.8 Å². The van der Waals surface area contributed by atoms with Gasteiger partial charge >= 0.3 is 0 Å². The number of pyridine rings is 1. The molecule has 3 heteroatoms. The van der Waals surface area contributed by atoms with Crippen LogP contribution in [0.25, 0.3) is 0 Å². The molecule has 0 radical (unpaired) electrons. The molecule has 88 valence electrons. The molecule has 1 aliphatic heterocycles. The van der Waals surface area contributed by atoms with Crippen LogP contribution in [0.15, 0.2) is 12.1 Å². The highest BCUT2D eigenvalue weighted by Gasteiger charge is 2.24. The molecule has 1 unspecified atom stereocenters. The highest BCUT2D eigenvalue weighted by atomic mass is 16.7. The van der Waals surface area contributed by atoms with Gasteiger partial charge in [0.25, 0.3) is 0 Å². The maximum absolute atomic E-state index is 5.75. The molecule has 0 saturated carbocycles. The van der Waals surface area contributed by atoms with Gasteiger partial charge in [0.05, 0.1) is 6.61 Å². The normalized spacial score (nSPS) is 19.8. The Balaban J connectivity index is 2.25. The van der Waals surface area contributed by atoms with Crippen molar-refractivity contribution in [1.82, 2.24) is 4.98 Å². The van der Waals surface area contributed by atoms with E-state index >= 15 is 0 Å². The Morgan fingerprint density at radius 3 is 2.62 bits per heavy atom. The number of ether oxygens (including phenoxy) is 2. The van der Waals surface area contributed by atoms with E-state index in [1.165, 1.54) is 0 Å². The van der Waals surface area contributed by atoms with Crippen LogP contribution in [0.4, 0.5) is 0 Å². The van der Waals surface area contributed by atoms with Crippen LogP contribution in [0, 0.1) is 5.92 Å². The molecule has 0 aliphatic carbocycles. The second kappa shape index (κ2) is 4.42. The lowest BCUT2D eigenvalue weighted by Gasteiger charge is -2.28. The van der Waals surface area contributed by atoms with Crippen molar-refractivity contribution in [2.75, 3.05) is 0 Å². The van der Waals surface area contributed by atoms with Gasteiger partial charge in [0.2, 0.25) is 12.2 Å². The van der Waals surface area contributed by atoms with Gasteiger partial charge in [0.1, 0.15) is 0 Å². The largest absolute Gasteiger partial charge is 0.447 e. The Hall–Kier alpha value is -1.09. The van der Waals surface area contributed by atoms with E-state index in [-0.39, 0.29) is 6.29 Å². The first-order valence-corrected chi connectivity index (χ1v) is 5.86. The van der Waals surface area contributed by atoms with Gasteiger partial charge in [-0.15, -0.1) is 0 Å². The minimum atomic E-state index is -0.164. The summed E-state index contributed by atoms with van der Waals surface area (Å²) >= 11 is 0. The van der Waals surface area contributed by atoms with Crippen LogP contribution in [0.3, 0.4) is 0 Å². The summed E-state index contributed by atoms with van der Waals surface area (Å²) < 4.78 is 11.4. The van der Waals surface area contributed by atoms with Crippen LogP contribution >= 0.6 is 0 Å². The molecule has 0 aromatic carbocycles. The number of rotatable bonds is 2. The lowest BCUT2D eigenvalue weighted by molar-refractivity contribution is -0.135. The first kappa shape index (κ1) is 11.4. The molecule has 3 nitrogen and oxygen atoms in total. The number of fused-ring (bicyclic) bond motifs is 1. The van der Waals surface area contributed by atoms with E-state index < -0.39 is 0 Å². The average molecular weight is 221 g/mol. The van der Waals surface area contributed by atoms with Gasteiger partial charge in [0, 0.05) is 17.2 Å². The Bertz CT molecular complexity index is 374. The van der Waals surface area contributed by atoms with E-state index in [0.29, 0.717) is 18.4 Å². The molecule has 1 aromatic heterocycles. The number of aromatic nitrogens is 1. The number of hydrogen-bond donors (Lipinski definition) is 0. The van der Waals surface area contributed by atoms with Gasteiger partial charge in [0.15, 0.2) is 0 Å². The first-order valence-electron chi connectivity index (χ1n) is 5.86. The molecule has 0 spiro atoms. The summed E-state index contributed by atoms with van der Waals surface area (Å²) in [5.41, 5.74) is 2.12. The minimum absolute atomic E-state index is 0.164. The molecular weight excluding hydrogens is 202 g/mol. The molecule has 2 heterocycles. The predicted octanol–water partition coefficient (Wildman–Crippen LogP) is 3.10. The molecule has 2 rings (SSSR count). The maximum atomic E-state index is 5.75. The fourth-order valence-corrected chi connectivity index (χ4v) is 1.66. The zero-order chi connectivity index (χ0) is 11.7. The van der Waals surface area contributed by atoms with Crippen LogP contribution in [-0.4, -0.2) is 11.3 Å². The predicted molar refractivity (Wildman–Crippen MR) is 62.4 cm³/mol. The fraction of sp³-hybridized carbons (Fsp3) is 0.615. The van der Waals surface area contributed by atoms with Crippen LogP contribution in [0.5, 0.6) is 5.88 Å². The third-order valence-electron chi connectivity index (χ3n) is 2.73. The van der Waals surface area contributed by atoms with Crippen molar-refractivity contribution in [3.8, 4) is 5.88 Å². The van der Waals surface area contributed by atoms with Crippen LogP contribution in [-0.2, 0) is 11.3 Å². The molecule has 1 aromatic rings. The highest BCUT2D eigenvalue weighted by molar-refractivity contribution is 5.29. The molecule has 16 heavy (non-hydrogen) atoms. The quantitative estimate of drug-likeness (QED) is 0.769. The third kappa shape index (κ3) is 2.19. The molecule has 0 bridgehead atoms. The SMILES string of the molecule is CC(C)c1ccc2c(n1)OC(C(C)C)OC2. The van der Waals surface area contributed by atoms with Gasteiger partial charge in [-0.2, -0.15) is 0 Å². The van der Waals surface area contributed by atoms with E-state index in [9.17, 15) is 0 Å². The number of nitrogens with zero attached hydrogens (tertiary/aromatic N) is 1. The summed E-state index contributed by atoms with van der Waals surface area (Å²) in [4.78, 5) is 4.54. The summed E-state index contributed by atoms with van der Waals surface area (Å²) in [7, 11) is 0. The Morgan fingerprint density at radius 1 is 1.25 bits per heavy atom. The van der Waals surface area contributed by atoms with Crippen molar-refractivity contribution >= 4 is 0 Å². The molecule has 0 N–H and O–H groups in total. The molecule has 0 fully saturated rings. The molecule has 0 amide bonds. The second-order valence-corrected chi connectivity index (χ2v) is 4.90.